The molecular formula is C24H30N4O5S. The van der Waals surface area contributed by atoms with Gasteiger partial charge in [-0.1, -0.05) is 12.1 Å². The minimum atomic E-state index is -3.76. The Kier molecular flexibility index (Phi) is 7.20. The van der Waals surface area contributed by atoms with E-state index in [0.29, 0.717) is 25.3 Å². The summed E-state index contributed by atoms with van der Waals surface area (Å²) in [6, 6.07) is 11.5. The normalized spacial score (nSPS) is 19.3. The number of sulfonamides is 1. The zero-order valence-corrected chi connectivity index (χ0v) is 20.0. The average Bonchev–Trinajstić information content (AvgIpc) is 3.52. The number of nitrogens with two attached hydrogens (primary N) is 1. The standard InChI is InChI=1S/C24H30N4O5S/c1-33-21-10-9-18(15-22(21)34(31,32)28-12-2-3-13-28)24(30)26-19-7-4-6-17(14-19)16-27-11-5-8-20(27)23(25)29/h4,6-7,9-10,14-15,20H,2-3,5,8,11-13,16H2,1H3,(H2,25,29)(H,26,30). The monoisotopic (exact) mass is 486 g/mol. The van der Waals surface area contributed by atoms with Crippen LogP contribution >= 0.6 is 0 Å². The summed E-state index contributed by atoms with van der Waals surface area (Å²) >= 11 is 0. The van der Waals surface area contributed by atoms with E-state index in [1.165, 1.54) is 23.5 Å². The molecular weight excluding hydrogens is 456 g/mol. The summed E-state index contributed by atoms with van der Waals surface area (Å²) in [6.45, 7) is 2.27. The first-order valence-corrected chi connectivity index (χ1v) is 12.9. The quantitative estimate of drug-likeness (QED) is 0.590. The molecule has 1 unspecified atom stereocenters. The van der Waals surface area contributed by atoms with Crippen molar-refractivity contribution in [3.05, 3.63) is 53.6 Å². The zero-order valence-electron chi connectivity index (χ0n) is 19.2. The first-order valence-electron chi connectivity index (χ1n) is 11.4. The minimum Gasteiger partial charge on any atom is -0.495 e. The van der Waals surface area contributed by atoms with E-state index in [1.807, 2.05) is 23.1 Å². The summed E-state index contributed by atoms with van der Waals surface area (Å²) < 4.78 is 32.9. The average molecular weight is 487 g/mol. The highest BCUT2D eigenvalue weighted by Gasteiger charge is 2.31. The molecule has 2 heterocycles. The Balaban J connectivity index is 1.52. The van der Waals surface area contributed by atoms with Crippen LogP contribution < -0.4 is 15.8 Å². The summed E-state index contributed by atoms with van der Waals surface area (Å²) in [7, 11) is -2.35. The molecule has 4 rings (SSSR count). The number of carbonyl (C=O) groups is 2. The smallest absolute Gasteiger partial charge is 0.255 e. The van der Waals surface area contributed by atoms with Gasteiger partial charge in [-0.05, 0) is 68.1 Å². The van der Waals surface area contributed by atoms with Gasteiger partial charge in [0, 0.05) is 30.9 Å². The number of amides is 2. The highest BCUT2D eigenvalue weighted by atomic mass is 32.2. The number of rotatable bonds is 8. The van der Waals surface area contributed by atoms with E-state index in [1.54, 1.807) is 12.1 Å². The number of likely N-dealkylation sites (tertiary alicyclic amines) is 1. The fourth-order valence-electron chi connectivity index (χ4n) is 4.61. The topological polar surface area (TPSA) is 122 Å². The van der Waals surface area contributed by atoms with E-state index in [4.69, 9.17) is 10.5 Å². The Bertz CT molecular complexity index is 1180. The third kappa shape index (κ3) is 5.08. The molecule has 0 radical (unpaired) electrons. The predicted octanol–water partition coefficient (Wildman–Crippen LogP) is 2.18. The van der Waals surface area contributed by atoms with Gasteiger partial charge in [0.15, 0.2) is 0 Å². The summed E-state index contributed by atoms with van der Waals surface area (Å²) in [6.07, 6.45) is 3.31. The molecule has 10 heteroatoms. The number of primary amides is 1. The fraction of sp³-hybridized carbons (Fsp3) is 0.417. The van der Waals surface area contributed by atoms with Gasteiger partial charge in [-0.2, -0.15) is 4.31 Å². The van der Waals surface area contributed by atoms with Gasteiger partial charge in [0.25, 0.3) is 5.91 Å². The summed E-state index contributed by atoms with van der Waals surface area (Å²) in [5, 5.41) is 2.84. The molecule has 2 fully saturated rings. The molecule has 2 aliphatic rings. The summed E-state index contributed by atoms with van der Waals surface area (Å²) in [5.41, 5.74) is 7.26. The van der Waals surface area contributed by atoms with E-state index in [9.17, 15) is 18.0 Å². The molecule has 0 aliphatic carbocycles. The number of methoxy groups -OCH3 is 1. The Morgan fingerprint density at radius 2 is 1.85 bits per heavy atom. The Morgan fingerprint density at radius 3 is 2.56 bits per heavy atom. The summed E-state index contributed by atoms with van der Waals surface area (Å²) in [5.74, 6) is -0.532. The van der Waals surface area contributed by atoms with Crippen molar-refractivity contribution in [1.82, 2.24) is 9.21 Å². The molecule has 3 N–H and O–H groups in total. The van der Waals surface area contributed by atoms with Crippen LogP contribution in [0.4, 0.5) is 5.69 Å². The lowest BCUT2D eigenvalue weighted by Crippen LogP contribution is -2.39. The molecule has 2 amide bonds. The lowest BCUT2D eigenvalue weighted by atomic mass is 10.1. The Hall–Kier alpha value is -2.95. The lowest BCUT2D eigenvalue weighted by molar-refractivity contribution is -0.122. The maximum absolute atomic E-state index is 13.1. The molecule has 0 aromatic heterocycles. The molecule has 182 valence electrons. The van der Waals surface area contributed by atoms with E-state index in [-0.39, 0.29) is 28.2 Å². The van der Waals surface area contributed by atoms with Crippen molar-refractivity contribution >= 4 is 27.5 Å². The van der Waals surface area contributed by atoms with Gasteiger partial charge in [0.05, 0.1) is 13.2 Å². The number of nitrogens with zero attached hydrogens (tertiary/aromatic N) is 2. The second-order valence-electron chi connectivity index (χ2n) is 8.66. The molecule has 2 aromatic carbocycles. The van der Waals surface area contributed by atoms with Gasteiger partial charge in [-0.3, -0.25) is 14.5 Å². The lowest BCUT2D eigenvalue weighted by Gasteiger charge is -2.22. The van der Waals surface area contributed by atoms with Crippen LogP contribution in [-0.4, -0.2) is 62.2 Å². The van der Waals surface area contributed by atoms with Crippen molar-refractivity contribution in [1.29, 1.82) is 0 Å². The number of anilines is 1. The molecule has 34 heavy (non-hydrogen) atoms. The van der Waals surface area contributed by atoms with Crippen molar-refractivity contribution in [2.75, 3.05) is 32.1 Å². The van der Waals surface area contributed by atoms with Crippen molar-refractivity contribution in [2.24, 2.45) is 5.73 Å². The van der Waals surface area contributed by atoms with Crippen LogP contribution in [0.15, 0.2) is 47.4 Å². The molecule has 2 aliphatic heterocycles. The number of nitrogens with one attached hydrogen (secondary N) is 1. The van der Waals surface area contributed by atoms with E-state index < -0.39 is 15.9 Å². The minimum absolute atomic E-state index is 0.00942. The van der Waals surface area contributed by atoms with Crippen molar-refractivity contribution in [3.63, 3.8) is 0 Å². The third-order valence-electron chi connectivity index (χ3n) is 6.37. The van der Waals surface area contributed by atoms with Crippen molar-refractivity contribution in [2.45, 2.75) is 43.2 Å². The summed E-state index contributed by atoms with van der Waals surface area (Å²) in [4.78, 5) is 26.7. The van der Waals surface area contributed by atoms with Gasteiger partial charge in [-0.25, -0.2) is 8.42 Å². The number of ether oxygens (including phenoxy) is 1. The number of benzene rings is 2. The van der Waals surface area contributed by atoms with E-state index in [0.717, 1.165) is 37.8 Å². The molecule has 0 bridgehead atoms. The Labute approximate surface area is 199 Å². The molecule has 0 saturated carbocycles. The van der Waals surface area contributed by atoms with Crippen LogP contribution in [0, 0.1) is 0 Å². The maximum Gasteiger partial charge on any atom is 0.255 e. The van der Waals surface area contributed by atoms with Crippen LogP contribution in [-0.2, 0) is 21.4 Å². The molecule has 0 spiro atoms. The SMILES string of the molecule is COc1ccc(C(=O)Nc2cccc(CN3CCCC3C(N)=O)c2)cc1S(=O)(=O)N1CCCC1. The fourth-order valence-corrected chi connectivity index (χ4v) is 6.31. The van der Waals surface area contributed by atoms with Gasteiger partial charge in [-0.15, -0.1) is 0 Å². The first-order chi connectivity index (χ1) is 16.3. The van der Waals surface area contributed by atoms with Crippen molar-refractivity contribution < 1.29 is 22.7 Å². The largest absolute Gasteiger partial charge is 0.495 e. The van der Waals surface area contributed by atoms with Gasteiger partial charge >= 0.3 is 0 Å². The van der Waals surface area contributed by atoms with Crippen LogP contribution in [0.3, 0.4) is 0 Å². The van der Waals surface area contributed by atoms with Gasteiger partial charge < -0.3 is 15.8 Å². The molecule has 1 atom stereocenters. The number of hydrogen-bond acceptors (Lipinski definition) is 6. The second-order valence-corrected chi connectivity index (χ2v) is 10.6. The highest BCUT2D eigenvalue weighted by molar-refractivity contribution is 7.89. The van der Waals surface area contributed by atoms with Crippen molar-refractivity contribution in [3.8, 4) is 5.75 Å². The van der Waals surface area contributed by atoms with Crippen LogP contribution in [0.25, 0.3) is 0 Å². The van der Waals surface area contributed by atoms with Crippen LogP contribution in [0.1, 0.15) is 41.6 Å². The van der Waals surface area contributed by atoms with Crippen LogP contribution in [0.5, 0.6) is 5.75 Å². The molecule has 2 aromatic rings. The predicted molar refractivity (Wildman–Crippen MR) is 128 cm³/mol. The Morgan fingerprint density at radius 1 is 1.09 bits per heavy atom. The maximum atomic E-state index is 13.1. The first kappa shape index (κ1) is 24.2. The van der Waals surface area contributed by atoms with Gasteiger partial charge in [0.2, 0.25) is 15.9 Å². The second kappa shape index (κ2) is 10.1. The van der Waals surface area contributed by atoms with Gasteiger partial charge in [0.1, 0.15) is 10.6 Å². The molecule has 2 saturated heterocycles. The third-order valence-corrected chi connectivity index (χ3v) is 8.29. The number of carbonyl (C=O) groups excluding carboxylic acids is 2. The molecule has 9 nitrogen and oxygen atoms in total. The highest BCUT2D eigenvalue weighted by Crippen LogP contribution is 2.30. The zero-order chi connectivity index (χ0) is 24.3. The van der Waals surface area contributed by atoms with Crippen LogP contribution in [0.2, 0.25) is 0 Å². The number of hydrogen-bond donors (Lipinski definition) is 2. The van der Waals surface area contributed by atoms with E-state index in [2.05, 4.69) is 5.32 Å². The van der Waals surface area contributed by atoms with E-state index >= 15 is 0 Å².